The summed E-state index contributed by atoms with van der Waals surface area (Å²) in [5.41, 5.74) is 7.19. The fraction of sp³-hybridized carbons (Fsp3) is 0.500. The van der Waals surface area contributed by atoms with Gasteiger partial charge in [0.25, 0.3) is 5.89 Å². The molecule has 2 N–H and O–H groups in total. The second-order valence-corrected chi connectivity index (χ2v) is 6.31. The Bertz CT molecular complexity index is 605. The largest absolute Gasteiger partial charge is 0.399 e. The van der Waals surface area contributed by atoms with Crippen LogP contribution in [-0.2, 0) is 0 Å². The van der Waals surface area contributed by atoms with Crippen molar-refractivity contribution in [2.24, 2.45) is 5.92 Å². The van der Waals surface area contributed by atoms with E-state index in [1.54, 1.807) is 18.2 Å². The van der Waals surface area contributed by atoms with Crippen molar-refractivity contribution in [1.82, 2.24) is 10.1 Å². The van der Waals surface area contributed by atoms with E-state index < -0.39 is 0 Å². The molecule has 3 rings (SSSR count). The molecule has 1 aliphatic rings. The molecule has 1 saturated carbocycles. The predicted octanol–water partition coefficient (Wildman–Crippen LogP) is 4.66. The number of aromatic nitrogens is 2. The zero-order valence-electron chi connectivity index (χ0n) is 12.2. The molecule has 1 aliphatic carbocycles. The summed E-state index contributed by atoms with van der Waals surface area (Å²) in [6.07, 6.45) is 6.10. The van der Waals surface area contributed by atoms with Crippen LogP contribution in [0.25, 0.3) is 11.5 Å². The molecule has 0 radical (unpaired) electrons. The van der Waals surface area contributed by atoms with Gasteiger partial charge in [-0.25, -0.2) is 0 Å². The second kappa shape index (κ2) is 6.06. The van der Waals surface area contributed by atoms with Gasteiger partial charge >= 0.3 is 0 Å². The summed E-state index contributed by atoms with van der Waals surface area (Å²) in [6, 6.07) is 5.30. The number of anilines is 1. The van der Waals surface area contributed by atoms with Gasteiger partial charge in [0.2, 0.25) is 0 Å². The Morgan fingerprint density at radius 2 is 2.19 bits per heavy atom. The first-order chi connectivity index (χ1) is 10.2. The van der Waals surface area contributed by atoms with Crippen LogP contribution in [0.2, 0.25) is 5.02 Å². The second-order valence-electron chi connectivity index (χ2n) is 5.87. The standard InChI is InChI=1S/C16H20ClN3O/c1-2-10-4-3-5-11(6-10)15-19-16(21-20-15)12-7-13(17)9-14(18)8-12/h7-11H,2-6,18H2,1H3. The number of nitrogen functional groups attached to an aromatic ring is 1. The lowest BCUT2D eigenvalue weighted by molar-refractivity contribution is 0.300. The normalized spacial score (nSPS) is 22.4. The number of benzene rings is 1. The Morgan fingerprint density at radius 3 is 2.95 bits per heavy atom. The van der Waals surface area contributed by atoms with E-state index >= 15 is 0 Å². The van der Waals surface area contributed by atoms with E-state index in [9.17, 15) is 0 Å². The number of rotatable bonds is 3. The smallest absolute Gasteiger partial charge is 0.258 e. The highest BCUT2D eigenvalue weighted by Gasteiger charge is 2.26. The van der Waals surface area contributed by atoms with Crippen LogP contribution in [0.15, 0.2) is 22.7 Å². The third-order valence-corrected chi connectivity index (χ3v) is 4.55. The number of nitrogens with two attached hydrogens (primary N) is 1. The predicted molar refractivity (Wildman–Crippen MR) is 84.1 cm³/mol. The maximum Gasteiger partial charge on any atom is 0.258 e. The summed E-state index contributed by atoms with van der Waals surface area (Å²) in [7, 11) is 0. The van der Waals surface area contributed by atoms with Crippen LogP contribution >= 0.6 is 11.6 Å². The van der Waals surface area contributed by atoms with Crippen LogP contribution in [-0.4, -0.2) is 10.1 Å². The molecule has 0 spiro atoms. The first-order valence-corrected chi connectivity index (χ1v) is 7.93. The van der Waals surface area contributed by atoms with E-state index in [-0.39, 0.29) is 0 Å². The summed E-state index contributed by atoms with van der Waals surface area (Å²) < 4.78 is 5.41. The average molecular weight is 306 g/mol. The van der Waals surface area contributed by atoms with Crippen molar-refractivity contribution >= 4 is 17.3 Å². The van der Waals surface area contributed by atoms with Crippen molar-refractivity contribution in [1.29, 1.82) is 0 Å². The third kappa shape index (κ3) is 3.21. The zero-order chi connectivity index (χ0) is 14.8. The topological polar surface area (TPSA) is 64.9 Å². The lowest BCUT2D eigenvalue weighted by Crippen LogP contribution is -2.14. The molecule has 21 heavy (non-hydrogen) atoms. The van der Waals surface area contributed by atoms with Crippen LogP contribution < -0.4 is 5.73 Å². The van der Waals surface area contributed by atoms with Crippen molar-refractivity contribution in [3.8, 4) is 11.5 Å². The van der Waals surface area contributed by atoms with Crippen molar-refractivity contribution < 1.29 is 4.52 Å². The van der Waals surface area contributed by atoms with Gasteiger partial charge in [-0.2, -0.15) is 4.98 Å². The van der Waals surface area contributed by atoms with E-state index in [4.69, 9.17) is 21.9 Å². The minimum Gasteiger partial charge on any atom is -0.399 e. The lowest BCUT2D eigenvalue weighted by atomic mass is 9.80. The summed E-state index contributed by atoms with van der Waals surface area (Å²) in [5.74, 6) is 2.52. The maximum absolute atomic E-state index is 6.02. The van der Waals surface area contributed by atoms with Gasteiger partial charge in [-0.3, -0.25) is 0 Å². The summed E-state index contributed by atoms with van der Waals surface area (Å²) in [4.78, 5) is 4.56. The molecule has 2 unspecified atom stereocenters. The van der Waals surface area contributed by atoms with Crippen LogP contribution in [0.4, 0.5) is 5.69 Å². The van der Waals surface area contributed by atoms with Gasteiger partial charge in [0.15, 0.2) is 5.82 Å². The quantitative estimate of drug-likeness (QED) is 0.838. The Labute approximate surface area is 129 Å². The fourth-order valence-corrected chi connectivity index (χ4v) is 3.39. The fourth-order valence-electron chi connectivity index (χ4n) is 3.15. The molecule has 2 aromatic rings. The van der Waals surface area contributed by atoms with Crippen LogP contribution in [0, 0.1) is 5.92 Å². The van der Waals surface area contributed by atoms with Crippen LogP contribution in [0.5, 0.6) is 0 Å². The van der Waals surface area contributed by atoms with E-state index in [1.165, 1.54) is 19.3 Å². The average Bonchev–Trinajstić information content (AvgIpc) is 2.96. The van der Waals surface area contributed by atoms with E-state index in [2.05, 4.69) is 17.1 Å². The molecular weight excluding hydrogens is 286 g/mol. The molecule has 0 amide bonds. The number of nitrogens with zero attached hydrogens (tertiary/aromatic N) is 2. The van der Waals surface area contributed by atoms with Crippen molar-refractivity contribution in [3.05, 3.63) is 29.0 Å². The first-order valence-electron chi connectivity index (χ1n) is 7.55. The van der Waals surface area contributed by atoms with Gasteiger partial charge in [-0.15, -0.1) is 0 Å². The number of halogens is 1. The molecule has 5 heteroatoms. The Kier molecular flexibility index (Phi) is 4.15. The SMILES string of the molecule is CCC1CCCC(c2noc(-c3cc(N)cc(Cl)c3)n2)C1. The first kappa shape index (κ1) is 14.4. The van der Waals surface area contributed by atoms with E-state index in [0.717, 1.165) is 30.1 Å². The Morgan fingerprint density at radius 1 is 1.33 bits per heavy atom. The third-order valence-electron chi connectivity index (χ3n) is 4.33. The maximum atomic E-state index is 6.02. The van der Waals surface area contributed by atoms with Crippen molar-refractivity contribution in [2.75, 3.05) is 5.73 Å². The van der Waals surface area contributed by atoms with Gasteiger partial charge in [0.1, 0.15) is 0 Å². The Balaban J connectivity index is 1.82. The highest BCUT2D eigenvalue weighted by molar-refractivity contribution is 6.31. The Hall–Kier alpha value is -1.55. The molecule has 2 atom stereocenters. The minimum absolute atomic E-state index is 0.415. The van der Waals surface area contributed by atoms with Gasteiger partial charge in [0, 0.05) is 22.2 Å². The molecule has 0 saturated heterocycles. The van der Waals surface area contributed by atoms with E-state index in [0.29, 0.717) is 22.5 Å². The van der Waals surface area contributed by atoms with Gasteiger partial charge in [-0.1, -0.05) is 42.9 Å². The monoisotopic (exact) mass is 305 g/mol. The molecule has 112 valence electrons. The zero-order valence-corrected chi connectivity index (χ0v) is 12.9. The van der Waals surface area contributed by atoms with Gasteiger partial charge in [-0.05, 0) is 37.0 Å². The van der Waals surface area contributed by atoms with Crippen molar-refractivity contribution in [2.45, 2.75) is 44.9 Å². The van der Waals surface area contributed by atoms with Crippen LogP contribution in [0.3, 0.4) is 0 Å². The number of hydrogen-bond donors (Lipinski definition) is 1. The minimum atomic E-state index is 0.415. The molecule has 1 heterocycles. The molecule has 0 bridgehead atoms. The molecule has 4 nitrogen and oxygen atoms in total. The molecule has 1 fully saturated rings. The molecule has 1 aromatic carbocycles. The molecule has 0 aliphatic heterocycles. The van der Waals surface area contributed by atoms with E-state index in [1.807, 2.05) is 0 Å². The van der Waals surface area contributed by atoms with Gasteiger partial charge in [0.05, 0.1) is 0 Å². The van der Waals surface area contributed by atoms with Crippen molar-refractivity contribution in [3.63, 3.8) is 0 Å². The van der Waals surface area contributed by atoms with Gasteiger partial charge < -0.3 is 10.3 Å². The summed E-state index contributed by atoms with van der Waals surface area (Å²) >= 11 is 6.02. The summed E-state index contributed by atoms with van der Waals surface area (Å²) in [5, 5.41) is 4.75. The molecular formula is C16H20ClN3O. The molecule has 1 aromatic heterocycles. The number of hydrogen-bond acceptors (Lipinski definition) is 4. The highest BCUT2D eigenvalue weighted by Crippen LogP contribution is 2.37. The lowest BCUT2D eigenvalue weighted by Gasteiger charge is -2.26. The van der Waals surface area contributed by atoms with Crippen LogP contribution in [0.1, 0.15) is 50.8 Å². The highest BCUT2D eigenvalue weighted by atomic mass is 35.5. The summed E-state index contributed by atoms with van der Waals surface area (Å²) in [6.45, 7) is 2.25.